The summed E-state index contributed by atoms with van der Waals surface area (Å²) < 4.78 is 24.7. The molecule has 0 aliphatic carbocycles. The summed E-state index contributed by atoms with van der Waals surface area (Å²) in [5.74, 6) is -1.14. The van der Waals surface area contributed by atoms with E-state index in [9.17, 15) is 14.0 Å². The Balaban J connectivity index is 2.00. The Labute approximate surface area is 165 Å². The first-order valence-electron chi connectivity index (χ1n) is 8.43. The van der Waals surface area contributed by atoms with Crippen LogP contribution in [0, 0.1) is 5.82 Å². The highest BCUT2D eigenvalue weighted by atomic mass is 35.5. The van der Waals surface area contributed by atoms with Crippen LogP contribution in [0.1, 0.15) is 23.0 Å². The number of ether oxygens (including phenoxy) is 2. The molecule has 1 heterocycles. The number of carbonyl (C=O) groups is 1. The number of hydrogen-bond acceptors (Lipinski definition) is 5. The van der Waals surface area contributed by atoms with Crippen molar-refractivity contribution in [2.24, 2.45) is 0 Å². The topological polar surface area (TPSA) is 70.4 Å². The number of nitrogens with zero attached hydrogens (tertiary/aromatic N) is 2. The van der Waals surface area contributed by atoms with E-state index in [1.54, 1.807) is 31.2 Å². The Morgan fingerprint density at radius 3 is 2.57 bits per heavy atom. The van der Waals surface area contributed by atoms with Crippen molar-refractivity contribution in [3.8, 4) is 11.4 Å². The van der Waals surface area contributed by atoms with Crippen LogP contribution in [-0.4, -0.2) is 22.4 Å². The van der Waals surface area contributed by atoms with Crippen LogP contribution in [0.3, 0.4) is 0 Å². The fourth-order valence-corrected chi connectivity index (χ4v) is 2.64. The lowest BCUT2D eigenvalue weighted by molar-refractivity contribution is 0.0511. The van der Waals surface area contributed by atoms with Gasteiger partial charge in [-0.05, 0) is 36.8 Å². The predicted octanol–water partition coefficient (Wildman–Crippen LogP) is 3.78. The number of rotatable bonds is 6. The molecule has 0 bridgehead atoms. The maximum absolute atomic E-state index is 13.0. The van der Waals surface area contributed by atoms with E-state index in [0.29, 0.717) is 16.3 Å². The molecule has 3 aromatic rings. The summed E-state index contributed by atoms with van der Waals surface area (Å²) in [5, 5.41) is 4.41. The van der Waals surface area contributed by atoms with Gasteiger partial charge in [-0.2, -0.15) is 9.78 Å². The second-order valence-electron chi connectivity index (χ2n) is 5.69. The molecule has 0 N–H and O–H groups in total. The molecule has 0 spiro atoms. The van der Waals surface area contributed by atoms with Crippen LogP contribution in [0.2, 0.25) is 5.02 Å². The smallest absolute Gasteiger partial charge is 0.362 e. The molecular weight excluding hydrogens is 387 g/mol. The highest BCUT2D eigenvalue weighted by Crippen LogP contribution is 2.21. The van der Waals surface area contributed by atoms with Crippen molar-refractivity contribution in [1.82, 2.24) is 9.78 Å². The van der Waals surface area contributed by atoms with E-state index in [1.165, 1.54) is 24.3 Å². The molecule has 2 aromatic carbocycles. The first-order valence-corrected chi connectivity index (χ1v) is 8.81. The standard InChI is InChI=1S/C20H16ClFN2O4/c1-2-27-20(26)19-17(28-12-13-7-9-14(22)10-8-13)11-18(25)24(23-19)16-6-4-3-5-15(16)21/h3-11H,2,12H2,1H3. The molecule has 6 nitrogen and oxygen atoms in total. The van der Waals surface area contributed by atoms with Gasteiger partial charge in [0.05, 0.1) is 23.4 Å². The van der Waals surface area contributed by atoms with Crippen LogP contribution >= 0.6 is 11.6 Å². The average Bonchev–Trinajstić information content (AvgIpc) is 2.68. The van der Waals surface area contributed by atoms with Crippen LogP contribution in [0.25, 0.3) is 5.69 Å². The Hall–Kier alpha value is -3.19. The van der Waals surface area contributed by atoms with E-state index in [-0.39, 0.29) is 30.5 Å². The van der Waals surface area contributed by atoms with Gasteiger partial charge in [0.2, 0.25) is 5.69 Å². The van der Waals surface area contributed by atoms with Crippen molar-refractivity contribution in [3.05, 3.63) is 87.0 Å². The molecule has 0 unspecified atom stereocenters. The van der Waals surface area contributed by atoms with Crippen molar-refractivity contribution in [2.75, 3.05) is 6.61 Å². The molecule has 0 aliphatic heterocycles. The zero-order valence-corrected chi connectivity index (χ0v) is 15.6. The minimum Gasteiger partial charge on any atom is -0.486 e. The molecule has 0 fully saturated rings. The van der Waals surface area contributed by atoms with E-state index in [4.69, 9.17) is 21.1 Å². The number of benzene rings is 2. The third-order valence-corrected chi connectivity index (χ3v) is 4.07. The molecule has 0 amide bonds. The van der Waals surface area contributed by atoms with Gasteiger partial charge < -0.3 is 9.47 Å². The third-order valence-electron chi connectivity index (χ3n) is 3.75. The van der Waals surface area contributed by atoms with E-state index >= 15 is 0 Å². The lowest BCUT2D eigenvalue weighted by Crippen LogP contribution is -2.25. The van der Waals surface area contributed by atoms with Crippen molar-refractivity contribution in [1.29, 1.82) is 0 Å². The Kier molecular flexibility index (Phi) is 6.06. The zero-order chi connectivity index (χ0) is 20.1. The summed E-state index contributed by atoms with van der Waals surface area (Å²) in [6, 6.07) is 13.4. The molecule has 0 atom stereocenters. The first kappa shape index (κ1) is 19.6. The highest BCUT2D eigenvalue weighted by Gasteiger charge is 2.20. The second-order valence-corrected chi connectivity index (χ2v) is 6.10. The fraction of sp³-hybridized carbons (Fsp3) is 0.150. The van der Waals surface area contributed by atoms with Crippen molar-refractivity contribution >= 4 is 17.6 Å². The summed E-state index contributed by atoms with van der Waals surface area (Å²) >= 11 is 6.14. The molecule has 28 heavy (non-hydrogen) atoms. The van der Waals surface area contributed by atoms with Crippen molar-refractivity contribution < 1.29 is 18.7 Å². The maximum atomic E-state index is 13.0. The molecule has 0 saturated carbocycles. The van der Waals surface area contributed by atoms with Crippen LogP contribution in [0.5, 0.6) is 5.75 Å². The zero-order valence-electron chi connectivity index (χ0n) is 14.9. The molecule has 8 heteroatoms. The molecule has 0 radical (unpaired) electrons. The molecule has 0 aliphatic rings. The number of halogens is 2. The number of hydrogen-bond donors (Lipinski definition) is 0. The normalized spacial score (nSPS) is 10.5. The third kappa shape index (κ3) is 4.37. The van der Waals surface area contributed by atoms with Crippen molar-refractivity contribution in [2.45, 2.75) is 13.5 Å². The summed E-state index contributed by atoms with van der Waals surface area (Å²) in [4.78, 5) is 24.9. The van der Waals surface area contributed by atoms with Crippen LogP contribution in [0.4, 0.5) is 4.39 Å². The average molecular weight is 403 g/mol. The predicted molar refractivity (Wildman–Crippen MR) is 102 cm³/mol. The quantitative estimate of drug-likeness (QED) is 0.587. The minimum atomic E-state index is -0.739. The van der Waals surface area contributed by atoms with E-state index < -0.39 is 11.5 Å². The first-order chi connectivity index (χ1) is 13.5. The number of para-hydroxylation sites is 1. The number of carbonyl (C=O) groups excluding carboxylic acids is 1. The fourth-order valence-electron chi connectivity index (χ4n) is 2.43. The molecule has 0 saturated heterocycles. The van der Waals surface area contributed by atoms with Gasteiger partial charge in [0.1, 0.15) is 12.4 Å². The van der Waals surface area contributed by atoms with Gasteiger partial charge in [-0.1, -0.05) is 35.9 Å². The lowest BCUT2D eigenvalue weighted by atomic mass is 10.2. The largest absolute Gasteiger partial charge is 0.486 e. The molecular formula is C20H16ClFN2O4. The summed E-state index contributed by atoms with van der Waals surface area (Å²) in [7, 11) is 0. The highest BCUT2D eigenvalue weighted by molar-refractivity contribution is 6.32. The molecule has 1 aromatic heterocycles. The van der Waals surface area contributed by atoms with Gasteiger partial charge in [-0.3, -0.25) is 4.79 Å². The van der Waals surface area contributed by atoms with Crippen LogP contribution in [0.15, 0.2) is 59.4 Å². The molecule has 3 rings (SSSR count). The maximum Gasteiger partial charge on any atom is 0.362 e. The number of aromatic nitrogens is 2. The van der Waals surface area contributed by atoms with Gasteiger partial charge in [-0.25, -0.2) is 9.18 Å². The Morgan fingerprint density at radius 2 is 1.89 bits per heavy atom. The van der Waals surface area contributed by atoms with Gasteiger partial charge in [-0.15, -0.1) is 0 Å². The summed E-state index contributed by atoms with van der Waals surface area (Å²) in [6.45, 7) is 1.80. The van der Waals surface area contributed by atoms with E-state index in [2.05, 4.69) is 5.10 Å². The van der Waals surface area contributed by atoms with Gasteiger partial charge in [0, 0.05) is 0 Å². The minimum absolute atomic E-state index is 0.0178. The second kappa shape index (κ2) is 8.67. The Bertz CT molecular complexity index is 1050. The Morgan fingerprint density at radius 1 is 1.18 bits per heavy atom. The van der Waals surface area contributed by atoms with Gasteiger partial charge >= 0.3 is 5.97 Å². The van der Waals surface area contributed by atoms with Crippen LogP contribution in [-0.2, 0) is 11.3 Å². The monoisotopic (exact) mass is 402 g/mol. The number of esters is 1. The van der Waals surface area contributed by atoms with E-state index in [0.717, 1.165) is 10.7 Å². The molecule has 144 valence electrons. The van der Waals surface area contributed by atoms with E-state index in [1.807, 2.05) is 0 Å². The van der Waals surface area contributed by atoms with Gasteiger partial charge in [0.25, 0.3) is 5.56 Å². The SMILES string of the molecule is CCOC(=O)c1nn(-c2ccccc2Cl)c(=O)cc1OCc1ccc(F)cc1. The lowest BCUT2D eigenvalue weighted by Gasteiger charge is -2.13. The van der Waals surface area contributed by atoms with Gasteiger partial charge in [0.15, 0.2) is 5.75 Å². The summed E-state index contributed by atoms with van der Waals surface area (Å²) in [6.07, 6.45) is 0. The van der Waals surface area contributed by atoms with Crippen molar-refractivity contribution in [3.63, 3.8) is 0 Å². The van der Waals surface area contributed by atoms with Crippen LogP contribution < -0.4 is 10.3 Å². The summed E-state index contributed by atoms with van der Waals surface area (Å²) in [5.41, 5.74) is 0.287.